The van der Waals surface area contributed by atoms with Gasteiger partial charge in [0.05, 0.1) is 0 Å². The molecule has 0 aromatic carbocycles. The summed E-state index contributed by atoms with van der Waals surface area (Å²) < 4.78 is 0.157. The molecular formula is C17H21Cl4NO. The maximum Gasteiger partial charge on any atom is 0.217 e. The fourth-order valence-corrected chi connectivity index (χ4v) is 2.13. The lowest BCUT2D eigenvalue weighted by Gasteiger charge is -2.16. The molecule has 0 saturated carbocycles. The highest BCUT2D eigenvalue weighted by Gasteiger charge is 2.08. The number of nitrogens with one attached hydrogen (secondary N) is 1. The van der Waals surface area contributed by atoms with Crippen LogP contribution in [0.1, 0.15) is 51.9 Å². The van der Waals surface area contributed by atoms with E-state index in [1.807, 2.05) is 0 Å². The van der Waals surface area contributed by atoms with Crippen molar-refractivity contribution in [1.82, 2.24) is 5.32 Å². The Morgan fingerprint density at radius 2 is 1.70 bits per heavy atom. The van der Waals surface area contributed by atoms with Crippen LogP contribution in [0.25, 0.3) is 0 Å². The Balaban J connectivity index is 4.05. The molecule has 0 unspecified atom stereocenters. The van der Waals surface area contributed by atoms with Gasteiger partial charge in [0, 0.05) is 38.3 Å². The van der Waals surface area contributed by atoms with E-state index in [1.165, 1.54) is 13.0 Å². The van der Waals surface area contributed by atoms with Crippen molar-refractivity contribution in [3.05, 3.63) is 10.6 Å². The molecule has 1 atom stereocenters. The summed E-state index contributed by atoms with van der Waals surface area (Å²) in [7, 11) is 0. The average molecular weight is 397 g/mol. The number of amides is 1. The predicted octanol–water partition coefficient (Wildman–Crippen LogP) is 5.35. The average Bonchev–Trinajstić information content (AvgIpc) is 2.44. The summed E-state index contributed by atoms with van der Waals surface area (Å²) in [5.74, 6) is 11.7. The van der Waals surface area contributed by atoms with E-state index in [9.17, 15) is 4.79 Å². The topological polar surface area (TPSA) is 29.1 Å². The van der Waals surface area contributed by atoms with Crippen LogP contribution in [0.3, 0.4) is 0 Å². The molecule has 0 bridgehead atoms. The summed E-state index contributed by atoms with van der Waals surface area (Å²) in [4.78, 5) is 10.8. The van der Waals surface area contributed by atoms with Crippen LogP contribution in [0.15, 0.2) is 10.6 Å². The second kappa shape index (κ2) is 15.0. The molecule has 0 rings (SSSR count). The van der Waals surface area contributed by atoms with E-state index in [-0.39, 0.29) is 16.4 Å². The molecule has 0 spiro atoms. The summed E-state index contributed by atoms with van der Waals surface area (Å²) in [5.41, 5.74) is 0. The number of rotatable bonds is 8. The summed E-state index contributed by atoms with van der Waals surface area (Å²) in [6, 6.07) is 0.150. The summed E-state index contributed by atoms with van der Waals surface area (Å²) in [5, 5.41) is 2.97. The number of allylic oxidation sites excluding steroid dienone is 1. The van der Waals surface area contributed by atoms with Gasteiger partial charge in [0.2, 0.25) is 5.91 Å². The van der Waals surface area contributed by atoms with Crippen molar-refractivity contribution in [3.63, 3.8) is 0 Å². The highest BCUT2D eigenvalue weighted by molar-refractivity contribution is 6.56. The van der Waals surface area contributed by atoms with Crippen LogP contribution < -0.4 is 5.32 Å². The lowest BCUT2D eigenvalue weighted by molar-refractivity contribution is -0.119. The molecule has 0 saturated heterocycles. The van der Waals surface area contributed by atoms with Gasteiger partial charge in [-0.2, -0.15) is 0 Å². The van der Waals surface area contributed by atoms with Crippen LogP contribution in [0.4, 0.5) is 0 Å². The third-order valence-corrected chi connectivity index (χ3v) is 3.31. The third-order valence-electron chi connectivity index (χ3n) is 2.78. The van der Waals surface area contributed by atoms with Crippen molar-refractivity contribution in [2.75, 3.05) is 0 Å². The largest absolute Gasteiger partial charge is 0.354 e. The number of carbonyl (C=O) groups excluding carboxylic acids is 1. The van der Waals surface area contributed by atoms with Crippen LogP contribution in [0, 0.1) is 23.7 Å². The molecule has 0 heterocycles. The second-order valence-corrected chi connectivity index (χ2v) is 7.17. The number of hydrogen-bond acceptors (Lipinski definition) is 1. The molecule has 2 nitrogen and oxygen atoms in total. The van der Waals surface area contributed by atoms with E-state index in [0.29, 0.717) is 6.42 Å². The maximum absolute atomic E-state index is 11.2. The Morgan fingerprint density at radius 3 is 2.22 bits per heavy atom. The Bertz CT molecular complexity index is 490. The van der Waals surface area contributed by atoms with E-state index in [4.69, 9.17) is 46.4 Å². The number of alkyl halides is 2. The van der Waals surface area contributed by atoms with Gasteiger partial charge >= 0.3 is 0 Å². The van der Waals surface area contributed by atoms with Gasteiger partial charge in [0.15, 0.2) is 0 Å². The Hall–Kier alpha value is -0.510. The van der Waals surface area contributed by atoms with E-state index in [1.54, 1.807) is 0 Å². The van der Waals surface area contributed by atoms with Gasteiger partial charge in [0.25, 0.3) is 0 Å². The smallest absolute Gasteiger partial charge is 0.217 e. The molecule has 1 N–H and O–H groups in total. The van der Waals surface area contributed by atoms with Gasteiger partial charge in [-0.3, -0.25) is 4.79 Å². The Kier molecular flexibility index (Phi) is 14.7. The monoisotopic (exact) mass is 395 g/mol. The minimum atomic E-state index is -0.431. The molecule has 0 aliphatic heterocycles. The lowest BCUT2D eigenvalue weighted by atomic mass is 10.0. The van der Waals surface area contributed by atoms with Gasteiger partial charge in [-0.15, -0.1) is 35.0 Å². The van der Waals surface area contributed by atoms with Crippen LogP contribution in [0.5, 0.6) is 0 Å². The number of unbranched alkanes of at least 4 members (excludes halogenated alkanes) is 2. The van der Waals surface area contributed by atoms with E-state index in [0.717, 1.165) is 38.5 Å². The molecule has 0 aromatic heterocycles. The zero-order chi connectivity index (χ0) is 17.5. The van der Waals surface area contributed by atoms with Crippen molar-refractivity contribution >= 4 is 52.3 Å². The molecule has 0 aliphatic rings. The molecule has 6 heteroatoms. The van der Waals surface area contributed by atoms with E-state index in [2.05, 4.69) is 29.0 Å². The fourth-order valence-electron chi connectivity index (χ4n) is 1.87. The highest BCUT2D eigenvalue weighted by Crippen LogP contribution is 2.09. The second-order valence-electron chi connectivity index (χ2n) is 4.89. The minimum Gasteiger partial charge on any atom is -0.354 e. The molecule has 0 aliphatic carbocycles. The Morgan fingerprint density at radius 1 is 1.09 bits per heavy atom. The number of hydrogen-bond donors (Lipinski definition) is 1. The summed E-state index contributed by atoms with van der Waals surface area (Å²) in [6.45, 7) is 1.53. The molecular weight excluding hydrogens is 376 g/mol. The van der Waals surface area contributed by atoms with Gasteiger partial charge in [-0.05, 0) is 25.7 Å². The van der Waals surface area contributed by atoms with Crippen LogP contribution >= 0.6 is 46.4 Å². The first-order valence-electron chi connectivity index (χ1n) is 7.42. The predicted molar refractivity (Wildman–Crippen MR) is 101 cm³/mol. The molecule has 0 fully saturated rings. The lowest BCUT2D eigenvalue weighted by Crippen LogP contribution is -2.32. The normalized spacial score (nSPS) is 10.9. The standard InChI is InChI=1S/C17H21Cl4NO/c1-14(23)22-15(10-6-2-4-8-12-16(18)19)11-7-3-5-9-13-17(20)21/h12,15,17H,2-3,6-7,10-11,13H2,1H3,(H,22,23)/t15-/m0/s1. The molecule has 0 radical (unpaired) electrons. The summed E-state index contributed by atoms with van der Waals surface area (Å²) in [6.07, 6.45) is 7.04. The molecule has 1 amide bonds. The van der Waals surface area contributed by atoms with Gasteiger partial charge in [0.1, 0.15) is 9.33 Å². The third kappa shape index (κ3) is 17.7. The number of carbonyl (C=O) groups is 1. The SMILES string of the molecule is CC(=O)N[C@@H](CCCC#CC=C(Cl)Cl)CCCC#CCC(Cl)Cl. The molecule has 128 valence electrons. The summed E-state index contributed by atoms with van der Waals surface area (Å²) >= 11 is 22.1. The first kappa shape index (κ1) is 22.5. The van der Waals surface area contributed by atoms with Gasteiger partial charge < -0.3 is 5.32 Å². The van der Waals surface area contributed by atoms with Crippen molar-refractivity contribution < 1.29 is 4.79 Å². The highest BCUT2D eigenvalue weighted by atomic mass is 35.5. The van der Waals surface area contributed by atoms with Crippen molar-refractivity contribution in [3.8, 4) is 23.7 Å². The van der Waals surface area contributed by atoms with Crippen LogP contribution in [0.2, 0.25) is 0 Å². The molecule has 0 aromatic rings. The maximum atomic E-state index is 11.2. The Labute approximate surface area is 159 Å². The van der Waals surface area contributed by atoms with Gasteiger partial charge in [-0.1, -0.05) is 35.0 Å². The van der Waals surface area contributed by atoms with Crippen molar-refractivity contribution in [2.24, 2.45) is 0 Å². The van der Waals surface area contributed by atoms with Crippen molar-refractivity contribution in [2.45, 2.75) is 62.7 Å². The first-order valence-corrected chi connectivity index (χ1v) is 9.05. The van der Waals surface area contributed by atoms with E-state index >= 15 is 0 Å². The van der Waals surface area contributed by atoms with Crippen LogP contribution in [-0.4, -0.2) is 16.8 Å². The van der Waals surface area contributed by atoms with Crippen LogP contribution in [-0.2, 0) is 4.79 Å². The quantitative estimate of drug-likeness (QED) is 0.334. The number of halogens is 4. The van der Waals surface area contributed by atoms with Crippen molar-refractivity contribution in [1.29, 1.82) is 0 Å². The zero-order valence-corrected chi connectivity index (χ0v) is 16.1. The minimum absolute atomic E-state index is 0.0175. The fraction of sp³-hybridized carbons (Fsp3) is 0.588. The first-order chi connectivity index (χ1) is 10.9. The zero-order valence-electron chi connectivity index (χ0n) is 13.1. The molecule has 23 heavy (non-hydrogen) atoms. The van der Waals surface area contributed by atoms with Gasteiger partial charge in [-0.25, -0.2) is 0 Å². The van der Waals surface area contributed by atoms with E-state index < -0.39 is 4.84 Å².